The highest BCUT2D eigenvalue weighted by Crippen LogP contribution is 2.33. The Bertz CT molecular complexity index is 381. The third-order valence-corrected chi connectivity index (χ3v) is 4.44. The van der Waals surface area contributed by atoms with Crippen molar-refractivity contribution in [3.8, 4) is 5.75 Å². The minimum atomic E-state index is 0.508. The zero-order valence-electron chi connectivity index (χ0n) is 13.7. The van der Waals surface area contributed by atoms with E-state index in [-0.39, 0.29) is 0 Å². The van der Waals surface area contributed by atoms with Crippen LogP contribution in [0.3, 0.4) is 0 Å². The van der Waals surface area contributed by atoms with Gasteiger partial charge in [0.2, 0.25) is 0 Å². The second-order valence-corrected chi connectivity index (χ2v) is 6.31. The lowest BCUT2D eigenvalue weighted by Gasteiger charge is -2.22. The molecule has 0 aromatic heterocycles. The molecule has 0 aliphatic heterocycles. The van der Waals surface area contributed by atoms with Crippen molar-refractivity contribution < 1.29 is 4.74 Å². The summed E-state index contributed by atoms with van der Waals surface area (Å²) in [7, 11) is 0. The minimum Gasteiger partial charge on any atom is -0.494 e. The molecule has 0 saturated heterocycles. The number of rotatable bonds is 9. The highest BCUT2D eigenvalue weighted by molar-refractivity contribution is 5.29. The van der Waals surface area contributed by atoms with Crippen molar-refractivity contribution in [2.45, 2.75) is 64.8 Å². The Labute approximate surface area is 130 Å². The zero-order chi connectivity index (χ0) is 14.9. The number of hydrogen-bond donors (Lipinski definition) is 1. The van der Waals surface area contributed by atoms with E-state index in [1.165, 1.54) is 44.1 Å². The summed E-state index contributed by atoms with van der Waals surface area (Å²) in [5, 5.41) is 3.73. The first-order chi connectivity index (χ1) is 10.3. The molecular formula is C19H31NO. The summed E-state index contributed by atoms with van der Waals surface area (Å²) < 4.78 is 5.68. The Hall–Kier alpha value is -1.02. The van der Waals surface area contributed by atoms with E-state index in [4.69, 9.17) is 4.74 Å². The third-order valence-electron chi connectivity index (χ3n) is 4.44. The van der Waals surface area contributed by atoms with Gasteiger partial charge in [-0.25, -0.2) is 0 Å². The molecule has 1 saturated carbocycles. The summed E-state index contributed by atoms with van der Waals surface area (Å²) in [5.74, 6) is 1.91. The molecule has 1 atom stereocenters. The van der Waals surface area contributed by atoms with Crippen LogP contribution in [0.2, 0.25) is 0 Å². The van der Waals surface area contributed by atoms with Crippen molar-refractivity contribution >= 4 is 0 Å². The predicted molar refractivity (Wildman–Crippen MR) is 89.8 cm³/mol. The molecule has 2 rings (SSSR count). The first-order valence-corrected chi connectivity index (χ1v) is 8.79. The summed E-state index contributed by atoms with van der Waals surface area (Å²) in [6.07, 6.45) is 9.23. The van der Waals surface area contributed by atoms with Crippen LogP contribution in [0.1, 0.15) is 70.4 Å². The van der Waals surface area contributed by atoms with Crippen molar-refractivity contribution in [1.29, 1.82) is 0 Å². The summed E-state index contributed by atoms with van der Waals surface area (Å²) in [4.78, 5) is 0. The van der Waals surface area contributed by atoms with Crippen molar-refractivity contribution in [3.05, 3.63) is 29.8 Å². The van der Waals surface area contributed by atoms with Crippen LogP contribution in [0.15, 0.2) is 24.3 Å². The van der Waals surface area contributed by atoms with Gasteiger partial charge in [0.1, 0.15) is 5.75 Å². The Kier molecular flexibility index (Phi) is 7.08. The number of hydrogen-bond acceptors (Lipinski definition) is 2. The van der Waals surface area contributed by atoms with Gasteiger partial charge in [-0.15, -0.1) is 0 Å². The van der Waals surface area contributed by atoms with Crippen LogP contribution in [-0.4, -0.2) is 13.2 Å². The maximum atomic E-state index is 5.68. The van der Waals surface area contributed by atoms with E-state index in [0.29, 0.717) is 6.04 Å². The van der Waals surface area contributed by atoms with E-state index < -0.39 is 0 Å². The minimum absolute atomic E-state index is 0.508. The van der Waals surface area contributed by atoms with Crippen LogP contribution < -0.4 is 10.1 Å². The fourth-order valence-corrected chi connectivity index (χ4v) is 3.25. The molecule has 0 bridgehead atoms. The van der Waals surface area contributed by atoms with Gasteiger partial charge in [0.05, 0.1) is 6.61 Å². The molecule has 1 fully saturated rings. The number of ether oxygens (including phenoxy) is 1. The van der Waals surface area contributed by atoms with Gasteiger partial charge in [-0.2, -0.15) is 0 Å². The molecule has 0 amide bonds. The van der Waals surface area contributed by atoms with Crippen LogP contribution in [0, 0.1) is 5.92 Å². The summed E-state index contributed by atoms with van der Waals surface area (Å²) in [6.45, 7) is 6.28. The fourth-order valence-electron chi connectivity index (χ4n) is 3.25. The largest absolute Gasteiger partial charge is 0.494 e. The van der Waals surface area contributed by atoms with Crippen LogP contribution in [0.4, 0.5) is 0 Å². The van der Waals surface area contributed by atoms with Crippen LogP contribution >= 0.6 is 0 Å². The SMILES string of the molecule is CCCNC(CC1CCCC1)c1ccc(OCCC)cc1. The van der Waals surface area contributed by atoms with Gasteiger partial charge >= 0.3 is 0 Å². The molecule has 0 radical (unpaired) electrons. The van der Waals surface area contributed by atoms with E-state index in [1.54, 1.807) is 0 Å². The second-order valence-electron chi connectivity index (χ2n) is 6.31. The lowest BCUT2D eigenvalue weighted by atomic mass is 9.93. The first kappa shape index (κ1) is 16.4. The van der Waals surface area contributed by atoms with Crippen LogP contribution in [0.5, 0.6) is 5.75 Å². The van der Waals surface area contributed by atoms with Gasteiger partial charge in [-0.05, 0) is 49.4 Å². The molecule has 0 spiro atoms. The van der Waals surface area contributed by atoms with Gasteiger partial charge in [0.25, 0.3) is 0 Å². The predicted octanol–water partition coefficient (Wildman–Crippen LogP) is 5.10. The van der Waals surface area contributed by atoms with Crippen LogP contribution in [-0.2, 0) is 0 Å². The average Bonchev–Trinajstić information content (AvgIpc) is 3.03. The normalized spacial score (nSPS) is 17.0. The molecule has 2 nitrogen and oxygen atoms in total. The van der Waals surface area contributed by atoms with Crippen molar-refractivity contribution in [1.82, 2.24) is 5.32 Å². The fraction of sp³-hybridized carbons (Fsp3) is 0.684. The highest BCUT2D eigenvalue weighted by Gasteiger charge is 2.20. The smallest absolute Gasteiger partial charge is 0.119 e. The van der Waals surface area contributed by atoms with E-state index in [0.717, 1.165) is 31.2 Å². The number of benzene rings is 1. The van der Waals surface area contributed by atoms with Gasteiger partial charge in [-0.1, -0.05) is 51.7 Å². The van der Waals surface area contributed by atoms with E-state index >= 15 is 0 Å². The molecule has 1 N–H and O–H groups in total. The average molecular weight is 289 g/mol. The first-order valence-electron chi connectivity index (χ1n) is 8.79. The quantitative estimate of drug-likeness (QED) is 0.683. The van der Waals surface area contributed by atoms with Crippen LogP contribution in [0.25, 0.3) is 0 Å². The molecule has 1 aliphatic carbocycles. The number of nitrogens with one attached hydrogen (secondary N) is 1. The van der Waals surface area contributed by atoms with E-state index in [2.05, 4.69) is 43.4 Å². The lowest BCUT2D eigenvalue weighted by molar-refractivity contribution is 0.317. The van der Waals surface area contributed by atoms with Gasteiger partial charge in [0, 0.05) is 6.04 Å². The Morgan fingerprint density at radius 3 is 2.43 bits per heavy atom. The molecule has 1 aromatic rings. The molecular weight excluding hydrogens is 258 g/mol. The zero-order valence-corrected chi connectivity index (χ0v) is 13.7. The third kappa shape index (κ3) is 5.35. The molecule has 1 aromatic carbocycles. The summed E-state index contributed by atoms with van der Waals surface area (Å²) in [6, 6.07) is 9.24. The van der Waals surface area contributed by atoms with Gasteiger partial charge in [0.15, 0.2) is 0 Å². The molecule has 21 heavy (non-hydrogen) atoms. The molecule has 1 unspecified atom stereocenters. The highest BCUT2D eigenvalue weighted by atomic mass is 16.5. The molecule has 2 heteroatoms. The van der Waals surface area contributed by atoms with Gasteiger partial charge < -0.3 is 10.1 Å². The Balaban J connectivity index is 1.97. The standard InChI is InChI=1S/C19H31NO/c1-3-13-20-19(15-16-7-5-6-8-16)17-9-11-18(12-10-17)21-14-4-2/h9-12,16,19-20H,3-8,13-15H2,1-2H3. The topological polar surface area (TPSA) is 21.3 Å². The van der Waals surface area contributed by atoms with Crippen molar-refractivity contribution in [2.24, 2.45) is 5.92 Å². The van der Waals surface area contributed by atoms with Crippen molar-refractivity contribution in [3.63, 3.8) is 0 Å². The lowest BCUT2D eigenvalue weighted by Crippen LogP contribution is -2.24. The molecule has 118 valence electrons. The van der Waals surface area contributed by atoms with Crippen molar-refractivity contribution in [2.75, 3.05) is 13.2 Å². The Morgan fingerprint density at radius 2 is 1.81 bits per heavy atom. The Morgan fingerprint density at radius 1 is 1.10 bits per heavy atom. The van der Waals surface area contributed by atoms with Gasteiger partial charge in [-0.3, -0.25) is 0 Å². The molecule has 1 aliphatic rings. The summed E-state index contributed by atoms with van der Waals surface area (Å²) in [5.41, 5.74) is 1.42. The van der Waals surface area contributed by atoms with E-state index in [9.17, 15) is 0 Å². The second kappa shape index (κ2) is 9.09. The maximum Gasteiger partial charge on any atom is 0.119 e. The van der Waals surface area contributed by atoms with E-state index in [1.807, 2.05) is 0 Å². The molecule has 0 heterocycles. The maximum absolute atomic E-state index is 5.68. The summed E-state index contributed by atoms with van der Waals surface area (Å²) >= 11 is 0. The monoisotopic (exact) mass is 289 g/mol.